The van der Waals surface area contributed by atoms with Crippen molar-refractivity contribution in [3.8, 4) is 5.75 Å². The first-order chi connectivity index (χ1) is 9.03. The van der Waals surface area contributed by atoms with Crippen LogP contribution in [0.5, 0.6) is 5.75 Å². The Morgan fingerprint density at radius 3 is 2.89 bits per heavy atom. The van der Waals surface area contributed by atoms with E-state index in [9.17, 15) is 12.8 Å². The summed E-state index contributed by atoms with van der Waals surface area (Å²) in [6, 6.07) is 3.53. The van der Waals surface area contributed by atoms with Gasteiger partial charge in [-0.05, 0) is 31.0 Å². The van der Waals surface area contributed by atoms with Crippen LogP contribution in [0.15, 0.2) is 23.1 Å². The summed E-state index contributed by atoms with van der Waals surface area (Å²) in [5.74, 6) is -0.694. The van der Waals surface area contributed by atoms with E-state index < -0.39 is 15.8 Å². The molecule has 1 atom stereocenters. The largest absolute Gasteiger partial charge is 0.494 e. The zero-order chi connectivity index (χ0) is 13.9. The molecule has 0 bridgehead atoms. The summed E-state index contributed by atoms with van der Waals surface area (Å²) in [6.45, 7) is 0.861. The lowest BCUT2D eigenvalue weighted by Crippen LogP contribution is -2.31. The second kappa shape index (κ2) is 5.85. The highest BCUT2D eigenvalue weighted by Gasteiger charge is 2.21. The minimum atomic E-state index is -3.72. The van der Waals surface area contributed by atoms with E-state index in [0.29, 0.717) is 6.61 Å². The summed E-state index contributed by atoms with van der Waals surface area (Å²) < 4.78 is 49.9. The number of halogens is 1. The van der Waals surface area contributed by atoms with Crippen LogP contribution in [0.2, 0.25) is 0 Å². The molecule has 2 rings (SSSR count). The van der Waals surface area contributed by atoms with Crippen LogP contribution >= 0.6 is 0 Å². The van der Waals surface area contributed by atoms with Gasteiger partial charge in [0.25, 0.3) is 0 Å². The van der Waals surface area contributed by atoms with Crippen molar-refractivity contribution >= 4 is 10.0 Å². The fraction of sp³-hybridized carbons (Fsp3) is 0.500. The molecule has 106 valence electrons. The smallest absolute Gasteiger partial charge is 0.240 e. The van der Waals surface area contributed by atoms with Crippen LogP contribution in [0.3, 0.4) is 0 Å². The van der Waals surface area contributed by atoms with E-state index in [4.69, 9.17) is 9.47 Å². The van der Waals surface area contributed by atoms with Crippen molar-refractivity contribution < 1.29 is 22.3 Å². The van der Waals surface area contributed by atoms with E-state index in [2.05, 4.69) is 4.72 Å². The predicted molar refractivity (Wildman–Crippen MR) is 67.1 cm³/mol. The number of sulfonamides is 1. The summed E-state index contributed by atoms with van der Waals surface area (Å²) in [7, 11) is -2.40. The first-order valence-electron chi connectivity index (χ1n) is 5.98. The molecule has 1 saturated heterocycles. The standard InChI is InChI=1S/C12H16FNO4S/c1-17-12-5-4-10(7-11(12)13)19(15,16)14-8-9-3-2-6-18-9/h4-5,7,9,14H,2-3,6,8H2,1H3/t9-/m0/s1. The molecule has 1 aliphatic rings. The Morgan fingerprint density at radius 1 is 1.53 bits per heavy atom. The number of ether oxygens (including phenoxy) is 2. The van der Waals surface area contributed by atoms with Gasteiger partial charge < -0.3 is 9.47 Å². The molecule has 0 amide bonds. The molecular formula is C12H16FNO4S. The average molecular weight is 289 g/mol. The maximum absolute atomic E-state index is 13.5. The van der Waals surface area contributed by atoms with Crippen LogP contribution in [0.25, 0.3) is 0 Å². The predicted octanol–water partition coefficient (Wildman–Crippen LogP) is 1.29. The fourth-order valence-corrected chi connectivity index (χ4v) is 2.98. The van der Waals surface area contributed by atoms with Crippen molar-refractivity contribution in [3.63, 3.8) is 0 Å². The van der Waals surface area contributed by atoms with Gasteiger partial charge in [0.1, 0.15) is 0 Å². The highest BCUT2D eigenvalue weighted by atomic mass is 32.2. The van der Waals surface area contributed by atoms with Crippen LogP contribution < -0.4 is 9.46 Å². The first kappa shape index (κ1) is 14.2. The van der Waals surface area contributed by atoms with Gasteiger partial charge in [-0.15, -0.1) is 0 Å². The lowest BCUT2D eigenvalue weighted by molar-refractivity contribution is 0.114. The van der Waals surface area contributed by atoms with E-state index in [1.807, 2.05) is 0 Å². The molecule has 0 unspecified atom stereocenters. The van der Waals surface area contributed by atoms with Gasteiger partial charge in [-0.1, -0.05) is 0 Å². The first-order valence-corrected chi connectivity index (χ1v) is 7.46. The second-order valence-electron chi connectivity index (χ2n) is 4.28. The van der Waals surface area contributed by atoms with Crippen molar-refractivity contribution in [1.29, 1.82) is 0 Å². The van der Waals surface area contributed by atoms with Crippen molar-refractivity contribution in [3.05, 3.63) is 24.0 Å². The monoisotopic (exact) mass is 289 g/mol. The topological polar surface area (TPSA) is 64.6 Å². The lowest BCUT2D eigenvalue weighted by Gasteiger charge is -2.12. The zero-order valence-corrected chi connectivity index (χ0v) is 11.4. The molecule has 1 heterocycles. The number of benzene rings is 1. The van der Waals surface area contributed by atoms with Crippen LogP contribution in [0.1, 0.15) is 12.8 Å². The molecule has 1 aliphatic heterocycles. The van der Waals surface area contributed by atoms with E-state index in [1.54, 1.807) is 0 Å². The van der Waals surface area contributed by atoms with Gasteiger partial charge >= 0.3 is 0 Å². The third-order valence-electron chi connectivity index (χ3n) is 2.96. The number of methoxy groups -OCH3 is 1. The Kier molecular flexibility index (Phi) is 4.38. The molecule has 19 heavy (non-hydrogen) atoms. The maximum Gasteiger partial charge on any atom is 0.240 e. The molecular weight excluding hydrogens is 273 g/mol. The molecule has 1 aromatic rings. The summed E-state index contributed by atoms with van der Waals surface area (Å²) in [4.78, 5) is -0.121. The SMILES string of the molecule is COc1ccc(S(=O)(=O)NC[C@@H]2CCCO2)cc1F. The van der Waals surface area contributed by atoms with Crippen molar-refractivity contribution in [2.24, 2.45) is 0 Å². The summed E-state index contributed by atoms with van der Waals surface area (Å²) in [5.41, 5.74) is 0. The maximum atomic E-state index is 13.5. The third kappa shape index (κ3) is 3.43. The molecule has 0 saturated carbocycles. The highest BCUT2D eigenvalue weighted by molar-refractivity contribution is 7.89. The molecule has 0 aliphatic carbocycles. The molecule has 1 N–H and O–H groups in total. The number of rotatable bonds is 5. The Balaban J connectivity index is 2.08. The molecule has 5 nitrogen and oxygen atoms in total. The summed E-state index contributed by atoms with van der Waals surface area (Å²) >= 11 is 0. The molecule has 0 spiro atoms. The average Bonchev–Trinajstić information content (AvgIpc) is 2.89. The molecule has 0 aromatic heterocycles. The van der Waals surface area contributed by atoms with Crippen LogP contribution in [0, 0.1) is 5.82 Å². The van der Waals surface area contributed by atoms with E-state index in [-0.39, 0.29) is 23.3 Å². The molecule has 0 radical (unpaired) electrons. The Labute approximate surface area is 111 Å². The molecule has 1 fully saturated rings. The normalized spacial score (nSPS) is 19.6. The van der Waals surface area contributed by atoms with E-state index >= 15 is 0 Å². The Bertz CT molecular complexity index is 541. The van der Waals surface area contributed by atoms with E-state index in [0.717, 1.165) is 18.9 Å². The Hall–Kier alpha value is -1.18. The van der Waals surface area contributed by atoms with E-state index in [1.165, 1.54) is 19.2 Å². The minimum absolute atomic E-state index is 0.0121. The highest BCUT2D eigenvalue weighted by Crippen LogP contribution is 2.20. The van der Waals surface area contributed by atoms with Gasteiger partial charge in [0.05, 0.1) is 18.1 Å². The van der Waals surface area contributed by atoms with Gasteiger partial charge in [0.15, 0.2) is 11.6 Å². The fourth-order valence-electron chi connectivity index (χ4n) is 1.91. The second-order valence-corrected chi connectivity index (χ2v) is 6.05. The van der Waals surface area contributed by atoms with Crippen molar-refractivity contribution in [1.82, 2.24) is 4.72 Å². The van der Waals surface area contributed by atoms with Crippen LogP contribution in [0.4, 0.5) is 4.39 Å². The lowest BCUT2D eigenvalue weighted by atomic mass is 10.2. The number of hydrogen-bond donors (Lipinski definition) is 1. The summed E-state index contributed by atoms with van der Waals surface area (Å²) in [5, 5.41) is 0. The quantitative estimate of drug-likeness (QED) is 0.887. The number of nitrogens with one attached hydrogen (secondary N) is 1. The van der Waals surface area contributed by atoms with Crippen LogP contribution in [-0.2, 0) is 14.8 Å². The Morgan fingerprint density at radius 2 is 2.32 bits per heavy atom. The van der Waals surface area contributed by atoms with Gasteiger partial charge in [0, 0.05) is 13.2 Å². The van der Waals surface area contributed by atoms with Gasteiger partial charge in [-0.3, -0.25) is 0 Å². The molecule has 7 heteroatoms. The third-order valence-corrected chi connectivity index (χ3v) is 4.38. The molecule has 1 aromatic carbocycles. The summed E-state index contributed by atoms with van der Waals surface area (Å²) in [6.07, 6.45) is 1.67. The van der Waals surface area contributed by atoms with Gasteiger partial charge in [-0.25, -0.2) is 17.5 Å². The minimum Gasteiger partial charge on any atom is -0.494 e. The van der Waals surface area contributed by atoms with Gasteiger partial charge in [0.2, 0.25) is 10.0 Å². The van der Waals surface area contributed by atoms with Gasteiger partial charge in [-0.2, -0.15) is 0 Å². The zero-order valence-electron chi connectivity index (χ0n) is 10.6. The van der Waals surface area contributed by atoms with Crippen molar-refractivity contribution in [2.45, 2.75) is 23.8 Å². The van der Waals surface area contributed by atoms with Crippen LogP contribution in [-0.4, -0.2) is 34.8 Å². The van der Waals surface area contributed by atoms with Crippen molar-refractivity contribution in [2.75, 3.05) is 20.3 Å². The number of hydrogen-bond acceptors (Lipinski definition) is 4.